The van der Waals surface area contributed by atoms with E-state index in [1.807, 2.05) is 6.21 Å². The van der Waals surface area contributed by atoms with Crippen LogP contribution in [0.1, 0.15) is 19.8 Å². The van der Waals surface area contributed by atoms with Gasteiger partial charge in [-0.15, -0.1) is 10.2 Å². The van der Waals surface area contributed by atoms with E-state index in [4.69, 9.17) is 0 Å². The van der Waals surface area contributed by atoms with Crippen LogP contribution < -0.4 is 0 Å². The van der Waals surface area contributed by atoms with Crippen molar-refractivity contribution in [1.29, 1.82) is 0 Å². The van der Waals surface area contributed by atoms with E-state index in [0.717, 1.165) is 0 Å². The first kappa shape index (κ1) is 6.52. The molecule has 0 unspecified atom stereocenters. The van der Waals surface area contributed by atoms with Gasteiger partial charge in [0, 0.05) is 11.6 Å². The maximum Gasteiger partial charge on any atom is 0.141 e. The zero-order chi connectivity index (χ0) is 7.73. The first-order valence-corrected chi connectivity index (χ1v) is 3.69. The maximum atomic E-state index is 4.17. The van der Waals surface area contributed by atoms with Crippen LogP contribution in [0.25, 0.3) is 0 Å². The van der Waals surface area contributed by atoms with E-state index < -0.39 is 0 Å². The highest BCUT2D eigenvalue weighted by molar-refractivity contribution is 5.68. The van der Waals surface area contributed by atoms with Crippen molar-refractivity contribution >= 4 is 6.21 Å². The fourth-order valence-corrected chi connectivity index (χ4v) is 0.787. The lowest BCUT2D eigenvalue weighted by Gasteiger charge is -1.95. The predicted octanol–water partition coefficient (Wildman–Crippen LogP) is 0.912. The Morgan fingerprint density at radius 1 is 1.45 bits per heavy atom. The Bertz CT molecular complexity index is 258. The van der Waals surface area contributed by atoms with Gasteiger partial charge in [0.05, 0.1) is 0 Å². The van der Waals surface area contributed by atoms with E-state index in [1.165, 1.54) is 12.8 Å². The Morgan fingerprint density at radius 3 is 2.64 bits per heavy atom. The van der Waals surface area contributed by atoms with Crippen LogP contribution in [0, 0.1) is 5.41 Å². The average Bonchev–Trinajstić information content (AvgIpc) is 2.53. The highest BCUT2D eigenvalue weighted by Crippen LogP contribution is 2.42. The van der Waals surface area contributed by atoms with E-state index in [9.17, 15) is 0 Å². The summed E-state index contributed by atoms with van der Waals surface area (Å²) in [6, 6.07) is 0. The van der Waals surface area contributed by atoms with Crippen molar-refractivity contribution in [3.63, 3.8) is 0 Å². The van der Waals surface area contributed by atoms with Gasteiger partial charge in [0.1, 0.15) is 12.7 Å². The molecule has 1 saturated carbocycles. The normalized spacial score (nSPS) is 20.8. The number of hydrogen-bond acceptors (Lipinski definition) is 3. The summed E-state index contributed by atoms with van der Waals surface area (Å²) in [6.45, 7) is 2.20. The van der Waals surface area contributed by atoms with Crippen LogP contribution in [0.2, 0.25) is 0 Å². The van der Waals surface area contributed by atoms with Gasteiger partial charge in [-0.1, -0.05) is 6.92 Å². The summed E-state index contributed by atoms with van der Waals surface area (Å²) in [5, 5.41) is 11.5. The second kappa shape index (κ2) is 2.15. The minimum absolute atomic E-state index is 0.351. The fraction of sp³-hybridized carbons (Fsp3) is 0.571. The summed E-state index contributed by atoms with van der Waals surface area (Å²) < 4.78 is 1.61. The van der Waals surface area contributed by atoms with E-state index in [0.29, 0.717) is 5.41 Å². The van der Waals surface area contributed by atoms with Gasteiger partial charge in [0.15, 0.2) is 0 Å². The molecule has 1 aliphatic carbocycles. The lowest BCUT2D eigenvalue weighted by atomic mass is 10.2. The molecule has 1 aromatic heterocycles. The molecule has 11 heavy (non-hydrogen) atoms. The summed E-state index contributed by atoms with van der Waals surface area (Å²) >= 11 is 0. The van der Waals surface area contributed by atoms with Crippen LogP contribution in [0.15, 0.2) is 17.8 Å². The molecule has 58 valence electrons. The lowest BCUT2D eigenvalue weighted by molar-refractivity contribution is 0.788. The molecule has 4 heteroatoms. The molecule has 1 heterocycles. The monoisotopic (exact) mass is 150 g/mol. The third-order valence-electron chi connectivity index (χ3n) is 1.95. The van der Waals surface area contributed by atoms with E-state index in [-0.39, 0.29) is 0 Å². The molecule has 2 rings (SSSR count). The molecule has 1 aromatic rings. The maximum absolute atomic E-state index is 4.17. The first-order chi connectivity index (χ1) is 5.29. The Labute approximate surface area is 64.9 Å². The molecule has 0 radical (unpaired) electrons. The van der Waals surface area contributed by atoms with Gasteiger partial charge in [0.25, 0.3) is 0 Å². The van der Waals surface area contributed by atoms with Gasteiger partial charge in [-0.25, -0.2) is 4.68 Å². The third-order valence-corrected chi connectivity index (χ3v) is 1.95. The number of nitrogens with zero attached hydrogens (tertiary/aromatic N) is 4. The molecule has 0 aliphatic heterocycles. The molecule has 0 N–H and O–H groups in total. The Hall–Kier alpha value is -1.19. The number of rotatable bonds is 2. The van der Waals surface area contributed by atoms with Crippen molar-refractivity contribution in [1.82, 2.24) is 14.9 Å². The van der Waals surface area contributed by atoms with Crippen molar-refractivity contribution < 1.29 is 0 Å². The molecular formula is C7H10N4. The summed E-state index contributed by atoms with van der Waals surface area (Å²) in [4.78, 5) is 0. The van der Waals surface area contributed by atoms with E-state index in [2.05, 4.69) is 22.2 Å². The molecule has 0 spiro atoms. The van der Waals surface area contributed by atoms with Crippen LogP contribution in [0.5, 0.6) is 0 Å². The first-order valence-electron chi connectivity index (χ1n) is 3.69. The van der Waals surface area contributed by atoms with Crippen LogP contribution in [-0.4, -0.2) is 21.1 Å². The predicted molar refractivity (Wildman–Crippen MR) is 41.3 cm³/mol. The second-order valence-electron chi connectivity index (χ2n) is 3.24. The van der Waals surface area contributed by atoms with Crippen molar-refractivity contribution in [2.24, 2.45) is 10.5 Å². The Morgan fingerprint density at radius 2 is 2.09 bits per heavy atom. The number of aromatic nitrogens is 3. The minimum Gasteiger partial charge on any atom is -0.208 e. The molecule has 0 amide bonds. The zero-order valence-corrected chi connectivity index (χ0v) is 6.44. The van der Waals surface area contributed by atoms with Gasteiger partial charge in [-0.3, -0.25) is 0 Å². The minimum atomic E-state index is 0.351. The highest BCUT2D eigenvalue weighted by atomic mass is 15.4. The summed E-state index contributed by atoms with van der Waals surface area (Å²) in [5.41, 5.74) is 0.351. The highest BCUT2D eigenvalue weighted by Gasteiger charge is 2.35. The van der Waals surface area contributed by atoms with Crippen LogP contribution >= 0.6 is 0 Å². The Kier molecular flexibility index (Phi) is 1.27. The molecule has 0 atom stereocenters. The van der Waals surface area contributed by atoms with Crippen molar-refractivity contribution in [3.05, 3.63) is 12.7 Å². The topological polar surface area (TPSA) is 43.1 Å². The van der Waals surface area contributed by atoms with Crippen LogP contribution in [0.4, 0.5) is 0 Å². The summed E-state index contributed by atoms with van der Waals surface area (Å²) in [6.07, 6.45) is 7.64. The van der Waals surface area contributed by atoms with Gasteiger partial charge in [-0.05, 0) is 12.8 Å². The lowest BCUT2D eigenvalue weighted by Crippen LogP contribution is -1.96. The smallest absolute Gasteiger partial charge is 0.141 e. The average molecular weight is 150 g/mol. The van der Waals surface area contributed by atoms with Gasteiger partial charge in [-0.2, -0.15) is 5.10 Å². The number of hydrogen-bond donors (Lipinski definition) is 0. The van der Waals surface area contributed by atoms with E-state index >= 15 is 0 Å². The molecule has 0 aromatic carbocycles. The summed E-state index contributed by atoms with van der Waals surface area (Å²) in [5.74, 6) is 0. The molecule has 0 saturated heterocycles. The van der Waals surface area contributed by atoms with Gasteiger partial charge in [0.2, 0.25) is 0 Å². The molecule has 1 aliphatic rings. The van der Waals surface area contributed by atoms with Crippen molar-refractivity contribution in [2.75, 3.05) is 0 Å². The Balaban J connectivity index is 2.05. The molecule has 0 bridgehead atoms. The van der Waals surface area contributed by atoms with Crippen molar-refractivity contribution in [2.45, 2.75) is 19.8 Å². The second-order valence-corrected chi connectivity index (χ2v) is 3.24. The third kappa shape index (κ3) is 1.45. The van der Waals surface area contributed by atoms with E-state index in [1.54, 1.807) is 17.3 Å². The largest absolute Gasteiger partial charge is 0.208 e. The van der Waals surface area contributed by atoms with Crippen LogP contribution in [-0.2, 0) is 0 Å². The van der Waals surface area contributed by atoms with Crippen molar-refractivity contribution in [3.8, 4) is 0 Å². The molecular weight excluding hydrogens is 140 g/mol. The SMILES string of the molecule is CC1(/C=N/n2cnnc2)CC1. The quantitative estimate of drug-likeness (QED) is 0.588. The molecule has 4 nitrogen and oxygen atoms in total. The summed E-state index contributed by atoms with van der Waals surface area (Å²) in [7, 11) is 0. The van der Waals surface area contributed by atoms with Crippen LogP contribution in [0.3, 0.4) is 0 Å². The molecule has 1 fully saturated rings. The zero-order valence-electron chi connectivity index (χ0n) is 6.44. The fourth-order valence-electron chi connectivity index (χ4n) is 0.787. The van der Waals surface area contributed by atoms with Gasteiger partial charge < -0.3 is 0 Å². The standard InChI is InChI=1S/C7H10N4/c1-7(2-3-7)4-10-11-5-8-9-6-11/h4-6H,2-3H2,1H3/b10-4+. The van der Waals surface area contributed by atoms with Gasteiger partial charge >= 0.3 is 0 Å².